The fraction of sp³-hybridized carbons (Fsp3) is 0.143. The molecule has 0 amide bonds. The second kappa shape index (κ2) is 6.28. The average Bonchev–Trinajstić information content (AvgIpc) is 2.44. The number of hydrogen-bond donors (Lipinski definition) is 1. The van der Waals surface area contributed by atoms with Gasteiger partial charge in [-0.05, 0) is 42.3 Å². The quantitative estimate of drug-likeness (QED) is 0.745. The Labute approximate surface area is 135 Å². The van der Waals surface area contributed by atoms with E-state index in [1.54, 1.807) is 36.4 Å². The zero-order chi connectivity index (χ0) is 14.8. The van der Waals surface area contributed by atoms with Crippen LogP contribution < -0.4 is 4.72 Å². The lowest BCUT2D eigenvalue weighted by Crippen LogP contribution is -2.13. The van der Waals surface area contributed by atoms with Crippen molar-refractivity contribution in [3.8, 4) is 0 Å². The van der Waals surface area contributed by atoms with E-state index in [0.29, 0.717) is 11.0 Å². The normalized spacial score (nSPS) is 11.3. The summed E-state index contributed by atoms with van der Waals surface area (Å²) in [5.41, 5.74) is 2.46. The van der Waals surface area contributed by atoms with Crippen molar-refractivity contribution in [3.05, 3.63) is 58.1 Å². The molecule has 0 spiro atoms. The van der Waals surface area contributed by atoms with Crippen LogP contribution in [0.2, 0.25) is 0 Å². The summed E-state index contributed by atoms with van der Waals surface area (Å²) in [7, 11) is -3.56. The van der Waals surface area contributed by atoms with Crippen LogP contribution in [0.4, 0.5) is 5.69 Å². The molecular formula is C14H13Br2NO2S. The molecule has 2 aromatic carbocycles. The Morgan fingerprint density at radius 2 is 1.75 bits per heavy atom. The first-order chi connectivity index (χ1) is 9.44. The Balaban J connectivity index is 2.33. The van der Waals surface area contributed by atoms with Crippen molar-refractivity contribution in [2.45, 2.75) is 17.1 Å². The summed E-state index contributed by atoms with van der Waals surface area (Å²) in [4.78, 5) is 0.251. The molecule has 6 heteroatoms. The topological polar surface area (TPSA) is 46.2 Å². The Hall–Kier alpha value is -0.850. The number of alkyl halides is 1. The van der Waals surface area contributed by atoms with E-state index in [-0.39, 0.29) is 4.90 Å². The van der Waals surface area contributed by atoms with E-state index in [2.05, 4.69) is 36.6 Å². The third-order valence-electron chi connectivity index (χ3n) is 2.90. The third-order valence-corrected chi connectivity index (χ3v) is 5.79. The number of rotatable bonds is 4. The minimum Gasteiger partial charge on any atom is -0.279 e. The molecule has 0 unspecified atom stereocenters. The van der Waals surface area contributed by atoms with Gasteiger partial charge in [0.25, 0.3) is 10.0 Å². The van der Waals surface area contributed by atoms with E-state index in [4.69, 9.17) is 0 Å². The number of sulfonamides is 1. The molecule has 20 heavy (non-hydrogen) atoms. The Kier molecular flexibility index (Phi) is 4.88. The second-order valence-corrected chi connectivity index (χ2v) is 7.39. The van der Waals surface area contributed by atoms with Gasteiger partial charge in [-0.1, -0.05) is 50.1 Å². The van der Waals surface area contributed by atoms with E-state index < -0.39 is 10.0 Å². The highest BCUT2D eigenvalue weighted by atomic mass is 79.9. The summed E-state index contributed by atoms with van der Waals surface area (Å²) < 4.78 is 28.1. The van der Waals surface area contributed by atoms with Crippen LogP contribution in [0, 0.1) is 6.92 Å². The van der Waals surface area contributed by atoms with Crippen LogP contribution in [0.15, 0.2) is 51.8 Å². The van der Waals surface area contributed by atoms with Gasteiger partial charge in [-0.3, -0.25) is 4.72 Å². The summed E-state index contributed by atoms with van der Waals surface area (Å²) >= 11 is 6.72. The fourth-order valence-electron chi connectivity index (χ4n) is 1.68. The van der Waals surface area contributed by atoms with E-state index in [0.717, 1.165) is 15.6 Å². The lowest BCUT2D eigenvalue weighted by molar-refractivity contribution is 0.601. The van der Waals surface area contributed by atoms with Crippen LogP contribution in [-0.4, -0.2) is 8.42 Å². The smallest absolute Gasteiger partial charge is 0.261 e. The summed E-state index contributed by atoms with van der Waals surface area (Å²) in [6.45, 7) is 1.86. The largest absolute Gasteiger partial charge is 0.279 e. The fourth-order valence-corrected chi connectivity index (χ4v) is 3.54. The highest BCUT2D eigenvalue weighted by molar-refractivity contribution is 9.10. The van der Waals surface area contributed by atoms with Crippen molar-refractivity contribution in [2.75, 3.05) is 4.72 Å². The number of halogens is 2. The van der Waals surface area contributed by atoms with Crippen molar-refractivity contribution in [1.82, 2.24) is 0 Å². The summed E-state index contributed by atoms with van der Waals surface area (Å²) in [5, 5.41) is 0.700. The standard InChI is InChI=1S/C14H13Br2NO2S/c1-10-13(16)3-2-4-14(10)17-20(18,19)12-7-5-11(9-15)6-8-12/h2-8,17H,9H2,1H3. The molecule has 0 heterocycles. The SMILES string of the molecule is Cc1c(Br)cccc1NS(=O)(=O)c1ccc(CBr)cc1. The van der Waals surface area contributed by atoms with Gasteiger partial charge >= 0.3 is 0 Å². The molecule has 0 saturated carbocycles. The van der Waals surface area contributed by atoms with Gasteiger partial charge in [0.15, 0.2) is 0 Å². The highest BCUT2D eigenvalue weighted by Gasteiger charge is 2.15. The molecule has 2 rings (SSSR count). The van der Waals surface area contributed by atoms with Crippen molar-refractivity contribution in [2.24, 2.45) is 0 Å². The maximum absolute atomic E-state index is 12.3. The molecule has 0 aromatic heterocycles. The Bertz CT molecular complexity index is 712. The van der Waals surface area contributed by atoms with Gasteiger partial charge in [-0.25, -0.2) is 8.42 Å². The highest BCUT2D eigenvalue weighted by Crippen LogP contribution is 2.26. The van der Waals surface area contributed by atoms with Gasteiger partial charge in [0.1, 0.15) is 0 Å². The number of hydrogen-bond acceptors (Lipinski definition) is 2. The van der Waals surface area contributed by atoms with Gasteiger partial charge < -0.3 is 0 Å². The first-order valence-electron chi connectivity index (χ1n) is 5.87. The lowest BCUT2D eigenvalue weighted by Gasteiger charge is -2.11. The molecular weight excluding hydrogens is 406 g/mol. The first-order valence-corrected chi connectivity index (χ1v) is 9.26. The van der Waals surface area contributed by atoms with Gasteiger partial charge in [-0.2, -0.15) is 0 Å². The first kappa shape index (κ1) is 15.5. The maximum Gasteiger partial charge on any atom is 0.261 e. The van der Waals surface area contributed by atoms with Crippen molar-refractivity contribution < 1.29 is 8.42 Å². The molecule has 0 aliphatic heterocycles. The minimum absolute atomic E-state index is 0.251. The summed E-state index contributed by atoms with van der Waals surface area (Å²) in [6, 6.07) is 12.2. The van der Waals surface area contributed by atoms with Crippen molar-refractivity contribution >= 4 is 47.6 Å². The van der Waals surface area contributed by atoms with Gasteiger partial charge in [-0.15, -0.1) is 0 Å². The van der Waals surface area contributed by atoms with Gasteiger partial charge in [0.05, 0.1) is 10.6 Å². The molecule has 0 fully saturated rings. The van der Waals surface area contributed by atoms with Crippen LogP contribution in [0.5, 0.6) is 0 Å². The van der Waals surface area contributed by atoms with Crippen molar-refractivity contribution in [3.63, 3.8) is 0 Å². The number of benzene rings is 2. The van der Waals surface area contributed by atoms with E-state index in [1.165, 1.54) is 0 Å². The molecule has 0 atom stereocenters. The third kappa shape index (κ3) is 3.42. The number of anilines is 1. The van der Waals surface area contributed by atoms with Crippen LogP contribution in [-0.2, 0) is 15.4 Å². The molecule has 0 bridgehead atoms. The summed E-state index contributed by atoms with van der Waals surface area (Å²) in [5.74, 6) is 0. The number of nitrogens with one attached hydrogen (secondary N) is 1. The zero-order valence-electron chi connectivity index (χ0n) is 10.7. The lowest BCUT2D eigenvalue weighted by atomic mass is 10.2. The molecule has 0 radical (unpaired) electrons. The van der Waals surface area contributed by atoms with Crippen LogP contribution in [0.25, 0.3) is 0 Å². The Morgan fingerprint density at radius 3 is 2.35 bits per heavy atom. The molecule has 0 aliphatic rings. The molecule has 2 aromatic rings. The molecule has 3 nitrogen and oxygen atoms in total. The van der Waals surface area contributed by atoms with Crippen LogP contribution in [0.1, 0.15) is 11.1 Å². The van der Waals surface area contributed by atoms with Crippen LogP contribution in [0.3, 0.4) is 0 Å². The maximum atomic E-state index is 12.3. The Morgan fingerprint density at radius 1 is 1.10 bits per heavy atom. The predicted molar refractivity (Wildman–Crippen MR) is 88.8 cm³/mol. The van der Waals surface area contributed by atoms with E-state index >= 15 is 0 Å². The zero-order valence-corrected chi connectivity index (χ0v) is 14.7. The minimum atomic E-state index is -3.56. The van der Waals surface area contributed by atoms with Crippen molar-refractivity contribution in [1.29, 1.82) is 0 Å². The molecule has 0 saturated heterocycles. The van der Waals surface area contributed by atoms with E-state index in [1.807, 2.05) is 13.0 Å². The molecule has 106 valence electrons. The monoisotopic (exact) mass is 417 g/mol. The van der Waals surface area contributed by atoms with Gasteiger partial charge in [0, 0.05) is 9.80 Å². The summed E-state index contributed by atoms with van der Waals surface area (Å²) in [6.07, 6.45) is 0. The van der Waals surface area contributed by atoms with E-state index in [9.17, 15) is 8.42 Å². The second-order valence-electron chi connectivity index (χ2n) is 4.30. The van der Waals surface area contributed by atoms with Gasteiger partial charge in [0.2, 0.25) is 0 Å². The average molecular weight is 419 g/mol. The van der Waals surface area contributed by atoms with Crippen LogP contribution >= 0.6 is 31.9 Å². The predicted octanol–water partition coefficient (Wildman–Crippen LogP) is 4.45. The molecule has 1 N–H and O–H groups in total. The molecule has 0 aliphatic carbocycles.